The maximum absolute atomic E-state index is 13.4. The molecule has 0 saturated heterocycles. The Kier molecular flexibility index (Phi) is 6.66. The molecule has 0 spiro atoms. The predicted molar refractivity (Wildman–Crippen MR) is 126 cm³/mol. The summed E-state index contributed by atoms with van der Waals surface area (Å²) in [6.45, 7) is 3.60. The van der Waals surface area contributed by atoms with Crippen LogP contribution in [0.15, 0.2) is 42.5 Å². The summed E-state index contributed by atoms with van der Waals surface area (Å²) in [4.78, 5) is 11.6. The molecular formula is C25H32FN5. The van der Waals surface area contributed by atoms with E-state index in [1.165, 1.54) is 12.8 Å². The lowest BCUT2D eigenvalue weighted by Gasteiger charge is -2.29. The van der Waals surface area contributed by atoms with Crippen LogP contribution < -0.4 is 15.5 Å². The van der Waals surface area contributed by atoms with E-state index < -0.39 is 0 Å². The number of anilines is 2. The predicted octanol–water partition coefficient (Wildman–Crippen LogP) is 4.90. The molecule has 1 aliphatic carbocycles. The van der Waals surface area contributed by atoms with Crippen LogP contribution >= 0.6 is 0 Å². The maximum atomic E-state index is 13.4. The van der Waals surface area contributed by atoms with Crippen LogP contribution in [-0.2, 0) is 6.54 Å². The largest absolute Gasteiger partial charge is 0.362 e. The molecule has 1 aromatic heterocycles. The molecule has 164 valence electrons. The number of halogens is 1. The average Bonchev–Trinajstić information content (AvgIpc) is 2.77. The Bertz CT molecular complexity index is 1030. The van der Waals surface area contributed by atoms with Crippen molar-refractivity contribution in [1.29, 1.82) is 0 Å². The van der Waals surface area contributed by atoms with Crippen LogP contribution in [0.3, 0.4) is 0 Å². The van der Waals surface area contributed by atoms with Gasteiger partial charge in [-0.15, -0.1) is 0 Å². The summed E-state index contributed by atoms with van der Waals surface area (Å²) in [5.74, 6) is 2.20. The van der Waals surface area contributed by atoms with Gasteiger partial charge in [0.05, 0.1) is 5.52 Å². The van der Waals surface area contributed by atoms with Gasteiger partial charge in [-0.2, -0.15) is 4.98 Å². The van der Waals surface area contributed by atoms with E-state index >= 15 is 0 Å². The first-order valence-electron chi connectivity index (χ1n) is 11.2. The molecule has 0 radical (unpaired) electrons. The molecule has 1 saturated carbocycles. The molecule has 0 unspecified atom stereocenters. The lowest BCUT2D eigenvalue weighted by Crippen LogP contribution is -2.31. The number of nitrogens with one attached hydrogen (secondary N) is 2. The zero-order valence-electron chi connectivity index (χ0n) is 18.7. The molecule has 3 aromatic rings. The molecule has 1 heterocycles. The molecule has 1 aliphatic rings. The minimum absolute atomic E-state index is 0.136. The van der Waals surface area contributed by atoms with E-state index in [9.17, 15) is 4.39 Å². The topological polar surface area (TPSA) is 53.1 Å². The van der Waals surface area contributed by atoms with E-state index in [2.05, 4.69) is 16.7 Å². The number of hydrogen-bond donors (Lipinski definition) is 2. The van der Waals surface area contributed by atoms with Gasteiger partial charge in [-0.3, -0.25) is 0 Å². The summed E-state index contributed by atoms with van der Waals surface area (Å²) in [5.41, 5.74) is 2.82. The van der Waals surface area contributed by atoms with Crippen LogP contribution in [0.4, 0.5) is 16.2 Å². The molecule has 31 heavy (non-hydrogen) atoms. The van der Waals surface area contributed by atoms with Crippen LogP contribution in [0.1, 0.15) is 36.8 Å². The first-order valence-corrected chi connectivity index (χ1v) is 11.2. The molecule has 5 nitrogen and oxygen atoms in total. The van der Waals surface area contributed by atoms with Crippen molar-refractivity contribution in [2.24, 2.45) is 5.92 Å². The van der Waals surface area contributed by atoms with Gasteiger partial charge < -0.3 is 15.5 Å². The van der Waals surface area contributed by atoms with Gasteiger partial charge in [0.1, 0.15) is 11.6 Å². The number of para-hydroxylation sites is 1. The Morgan fingerprint density at radius 3 is 2.55 bits per heavy atom. The van der Waals surface area contributed by atoms with Crippen molar-refractivity contribution in [1.82, 2.24) is 15.3 Å². The average molecular weight is 422 g/mol. The highest BCUT2D eigenvalue weighted by molar-refractivity contribution is 5.90. The number of aryl methyl sites for hydroxylation is 1. The van der Waals surface area contributed by atoms with Gasteiger partial charge in [-0.1, -0.05) is 24.3 Å². The van der Waals surface area contributed by atoms with Gasteiger partial charge >= 0.3 is 0 Å². The van der Waals surface area contributed by atoms with E-state index in [0.717, 1.165) is 54.2 Å². The first kappa shape index (κ1) is 21.5. The standard InChI is InChI=1S/C25H32FN5/c1-17-14-19(10-13-22(17)26)16-27-15-18-8-11-20(12-9-18)28-25-29-23-7-5-4-6-21(23)24(30-25)31(2)3/h4-7,10,13-14,18,20,27H,8-9,11-12,15-16H2,1-3H3,(H,28,29,30)/t18-,20+. The number of aromatic nitrogens is 2. The second-order valence-corrected chi connectivity index (χ2v) is 8.86. The summed E-state index contributed by atoms with van der Waals surface area (Å²) in [5, 5.41) is 8.20. The molecule has 0 amide bonds. The third-order valence-electron chi connectivity index (χ3n) is 6.17. The molecular weight excluding hydrogens is 389 g/mol. The fourth-order valence-corrected chi connectivity index (χ4v) is 4.40. The van der Waals surface area contributed by atoms with Crippen LogP contribution in [0.25, 0.3) is 10.9 Å². The lowest BCUT2D eigenvalue weighted by molar-refractivity contribution is 0.324. The Morgan fingerprint density at radius 1 is 1.03 bits per heavy atom. The quantitative estimate of drug-likeness (QED) is 0.568. The van der Waals surface area contributed by atoms with Crippen molar-refractivity contribution in [2.45, 2.75) is 45.2 Å². The van der Waals surface area contributed by atoms with Crippen molar-refractivity contribution in [3.63, 3.8) is 0 Å². The summed E-state index contributed by atoms with van der Waals surface area (Å²) in [7, 11) is 4.04. The smallest absolute Gasteiger partial charge is 0.225 e. The Labute approximate surface area is 184 Å². The molecule has 1 fully saturated rings. The molecule has 0 bridgehead atoms. The van der Waals surface area contributed by atoms with Gasteiger partial charge in [-0.25, -0.2) is 9.37 Å². The lowest BCUT2D eigenvalue weighted by atomic mass is 9.86. The number of fused-ring (bicyclic) bond motifs is 1. The minimum Gasteiger partial charge on any atom is -0.362 e. The van der Waals surface area contributed by atoms with Gasteiger partial charge in [0, 0.05) is 32.1 Å². The Hall–Kier alpha value is -2.73. The molecule has 4 rings (SSSR count). The summed E-state index contributed by atoms with van der Waals surface area (Å²) in [6.07, 6.45) is 4.60. The monoisotopic (exact) mass is 421 g/mol. The van der Waals surface area contributed by atoms with E-state index in [1.54, 1.807) is 6.07 Å². The van der Waals surface area contributed by atoms with Crippen molar-refractivity contribution in [2.75, 3.05) is 30.9 Å². The molecule has 0 atom stereocenters. The molecule has 2 aromatic carbocycles. The minimum atomic E-state index is -0.136. The van der Waals surface area contributed by atoms with Crippen LogP contribution in [0.5, 0.6) is 0 Å². The Morgan fingerprint density at radius 2 is 1.81 bits per heavy atom. The number of benzene rings is 2. The highest BCUT2D eigenvalue weighted by atomic mass is 19.1. The second-order valence-electron chi connectivity index (χ2n) is 8.86. The van der Waals surface area contributed by atoms with Crippen molar-refractivity contribution in [3.05, 3.63) is 59.4 Å². The molecule has 6 heteroatoms. The number of nitrogens with zero attached hydrogens (tertiary/aromatic N) is 3. The highest BCUT2D eigenvalue weighted by Crippen LogP contribution is 2.28. The first-order chi connectivity index (χ1) is 15.0. The van der Waals surface area contributed by atoms with Crippen molar-refractivity contribution in [3.8, 4) is 0 Å². The number of rotatable bonds is 7. The third-order valence-corrected chi connectivity index (χ3v) is 6.17. The van der Waals surface area contributed by atoms with E-state index in [-0.39, 0.29) is 5.82 Å². The zero-order chi connectivity index (χ0) is 21.8. The summed E-state index contributed by atoms with van der Waals surface area (Å²) < 4.78 is 13.4. The van der Waals surface area contributed by atoms with E-state index in [4.69, 9.17) is 9.97 Å². The fourth-order valence-electron chi connectivity index (χ4n) is 4.40. The van der Waals surface area contributed by atoms with Crippen LogP contribution in [-0.4, -0.2) is 36.6 Å². The van der Waals surface area contributed by atoms with Crippen molar-refractivity contribution >= 4 is 22.7 Å². The molecule has 0 aliphatic heterocycles. The third kappa shape index (κ3) is 5.31. The van der Waals surface area contributed by atoms with Gasteiger partial charge in [0.2, 0.25) is 5.95 Å². The maximum Gasteiger partial charge on any atom is 0.225 e. The summed E-state index contributed by atoms with van der Waals surface area (Å²) in [6, 6.07) is 13.9. The van der Waals surface area contributed by atoms with Gasteiger partial charge in [0.15, 0.2) is 0 Å². The van der Waals surface area contributed by atoms with Crippen LogP contribution in [0.2, 0.25) is 0 Å². The Balaban J connectivity index is 1.29. The van der Waals surface area contributed by atoms with Gasteiger partial charge in [0.25, 0.3) is 0 Å². The van der Waals surface area contributed by atoms with Gasteiger partial charge in [-0.05, 0) is 74.4 Å². The van der Waals surface area contributed by atoms with Crippen molar-refractivity contribution < 1.29 is 4.39 Å². The van der Waals surface area contributed by atoms with E-state index in [0.29, 0.717) is 17.5 Å². The normalized spacial score (nSPS) is 18.8. The fraction of sp³-hybridized carbons (Fsp3) is 0.440. The SMILES string of the molecule is Cc1cc(CNC[C@H]2CC[C@@H](Nc3nc(N(C)C)c4ccccc4n3)CC2)ccc1F. The number of hydrogen-bond acceptors (Lipinski definition) is 5. The molecule has 2 N–H and O–H groups in total. The van der Waals surface area contributed by atoms with Crippen LogP contribution in [0, 0.1) is 18.7 Å². The highest BCUT2D eigenvalue weighted by Gasteiger charge is 2.22. The zero-order valence-corrected chi connectivity index (χ0v) is 18.7. The van der Waals surface area contributed by atoms with E-state index in [1.807, 2.05) is 56.3 Å². The summed E-state index contributed by atoms with van der Waals surface area (Å²) >= 11 is 0. The second kappa shape index (κ2) is 9.60.